The highest BCUT2D eigenvalue weighted by molar-refractivity contribution is 5.82. The maximum Gasteiger partial charge on any atom is 0.410 e. The molecule has 0 N–H and O–H groups in total. The van der Waals surface area contributed by atoms with Crippen molar-refractivity contribution < 1.29 is 23.8 Å². The van der Waals surface area contributed by atoms with Gasteiger partial charge in [0.1, 0.15) is 12.6 Å². The Kier molecular flexibility index (Phi) is 4.49. The first kappa shape index (κ1) is 16.8. The minimum Gasteiger partial charge on any atom is -0.467 e. The molecule has 1 amide bonds. The number of rotatable bonds is 3. The van der Waals surface area contributed by atoms with Crippen LogP contribution in [0.25, 0.3) is 0 Å². The van der Waals surface area contributed by atoms with Gasteiger partial charge in [0.15, 0.2) is 0 Å². The summed E-state index contributed by atoms with van der Waals surface area (Å²) in [7, 11) is 1.34. The van der Waals surface area contributed by atoms with E-state index in [1.807, 2.05) is 44.2 Å². The molecule has 1 aromatic rings. The van der Waals surface area contributed by atoms with E-state index in [4.69, 9.17) is 14.2 Å². The zero-order chi connectivity index (χ0) is 17.3. The van der Waals surface area contributed by atoms with Crippen LogP contribution in [-0.4, -0.2) is 48.4 Å². The predicted molar refractivity (Wildman–Crippen MR) is 86.2 cm³/mol. The molecule has 2 aliphatic rings. The van der Waals surface area contributed by atoms with Crippen LogP contribution in [0.3, 0.4) is 0 Å². The Hall–Kier alpha value is -2.08. The highest BCUT2D eigenvalue weighted by atomic mass is 16.6. The van der Waals surface area contributed by atoms with Gasteiger partial charge in [0.05, 0.1) is 25.4 Å². The first-order chi connectivity index (χ1) is 11.4. The molecule has 2 heterocycles. The summed E-state index contributed by atoms with van der Waals surface area (Å²) in [6.45, 7) is 4.52. The van der Waals surface area contributed by atoms with Crippen molar-refractivity contribution >= 4 is 12.1 Å². The minimum absolute atomic E-state index is 0.0586. The molecule has 3 rings (SSSR count). The van der Waals surface area contributed by atoms with Crippen LogP contribution in [0.1, 0.15) is 25.8 Å². The van der Waals surface area contributed by atoms with Crippen LogP contribution in [0.2, 0.25) is 0 Å². The van der Waals surface area contributed by atoms with Crippen LogP contribution in [0.4, 0.5) is 4.79 Å². The minimum atomic E-state index is -0.648. The molecule has 6 nitrogen and oxygen atoms in total. The Morgan fingerprint density at radius 1 is 1.29 bits per heavy atom. The summed E-state index contributed by atoms with van der Waals surface area (Å²) < 4.78 is 16.3. The average molecular weight is 333 g/mol. The van der Waals surface area contributed by atoms with E-state index in [1.54, 1.807) is 0 Å². The van der Waals surface area contributed by atoms with Crippen molar-refractivity contribution in [1.82, 2.24) is 4.90 Å². The van der Waals surface area contributed by atoms with E-state index < -0.39 is 18.1 Å². The number of nitrogens with zero attached hydrogens (tertiary/aromatic N) is 1. The molecule has 2 aliphatic heterocycles. The van der Waals surface area contributed by atoms with Crippen LogP contribution in [-0.2, 0) is 25.6 Å². The number of hydrogen-bond acceptors (Lipinski definition) is 5. The second kappa shape index (κ2) is 6.43. The number of likely N-dealkylation sites (tertiary alicyclic amines) is 1. The van der Waals surface area contributed by atoms with Gasteiger partial charge in [0.25, 0.3) is 0 Å². The van der Waals surface area contributed by atoms with Gasteiger partial charge in [-0.2, -0.15) is 0 Å². The number of benzene rings is 1. The van der Waals surface area contributed by atoms with Gasteiger partial charge in [-0.3, -0.25) is 4.90 Å². The van der Waals surface area contributed by atoms with Gasteiger partial charge in [-0.15, -0.1) is 0 Å². The summed E-state index contributed by atoms with van der Waals surface area (Å²) >= 11 is 0. The van der Waals surface area contributed by atoms with Gasteiger partial charge in [0.2, 0.25) is 0 Å². The molecule has 0 aliphatic carbocycles. The normalized spacial score (nSPS) is 27.6. The Labute approximate surface area is 141 Å². The van der Waals surface area contributed by atoms with E-state index >= 15 is 0 Å². The monoisotopic (exact) mass is 333 g/mol. The lowest BCUT2D eigenvalue weighted by atomic mass is 9.90. The van der Waals surface area contributed by atoms with E-state index in [0.29, 0.717) is 13.0 Å². The summed E-state index contributed by atoms with van der Waals surface area (Å²) in [5.41, 5.74) is 0.610. The van der Waals surface area contributed by atoms with Crippen molar-refractivity contribution in [3.8, 4) is 0 Å². The number of ether oxygens (including phenoxy) is 3. The topological polar surface area (TPSA) is 65.1 Å². The first-order valence-corrected chi connectivity index (χ1v) is 8.14. The molecule has 2 fully saturated rings. The van der Waals surface area contributed by atoms with Gasteiger partial charge in [-0.1, -0.05) is 30.3 Å². The molecule has 24 heavy (non-hydrogen) atoms. The molecule has 2 unspecified atom stereocenters. The smallest absolute Gasteiger partial charge is 0.410 e. The van der Waals surface area contributed by atoms with Gasteiger partial charge < -0.3 is 14.2 Å². The number of methoxy groups -OCH3 is 1. The van der Waals surface area contributed by atoms with Crippen molar-refractivity contribution in [3.05, 3.63) is 35.9 Å². The summed E-state index contributed by atoms with van der Waals surface area (Å²) in [5.74, 6) is -0.475. The molecule has 130 valence electrons. The van der Waals surface area contributed by atoms with Crippen molar-refractivity contribution in [3.63, 3.8) is 0 Å². The SMILES string of the molecule is COC(=O)[C@@H]1C2CC(C)(C)OC2CN1C(=O)OCc1ccccc1. The van der Waals surface area contributed by atoms with Gasteiger partial charge in [-0.05, 0) is 25.8 Å². The fraction of sp³-hybridized carbons (Fsp3) is 0.556. The molecule has 0 bridgehead atoms. The molecule has 0 saturated carbocycles. The zero-order valence-corrected chi connectivity index (χ0v) is 14.2. The molecular weight excluding hydrogens is 310 g/mol. The summed E-state index contributed by atoms with van der Waals surface area (Å²) in [6, 6.07) is 8.79. The number of carbonyl (C=O) groups excluding carboxylic acids is 2. The van der Waals surface area contributed by atoms with Gasteiger partial charge in [0, 0.05) is 5.92 Å². The first-order valence-electron chi connectivity index (χ1n) is 8.14. The molecular formula is C18H23NO5. The molecule has 1 aromatic carbocycles. The van der Waals surface area contributed by atoms with Crippen LogP contribution in [0.5, 0.6) is 0 Å². The maximum atomic E-state index is 12.5. The second-order valence-corrected chi connectivity index (χ2v) is 6.94. The van der Waals surface area contributed by atoms with Gasteiger partial charge in [-0.25, -0.2) is 9.59 Å². The van der Waals surface area contributed by atoms with E-state index in [1.165, 1.54) is 12.0 Å². The molecule has 0 radical (unpaired) electrons. The summed E-state index contributed by atoms with van der Waals surface area (Å²) in [4.78, 5) is 26.2. The highest BCUT2D eigenvalue weighted by Crippen LogP contribution is 2.43. The fourth-order valence-corrected chi connectivity index (χ4v) is 3.68. The lowest BCUT2D eigenvalue weighted by Gasteiger charge is -2.27. The second-order valence-electron chi connectivity index (χ2n) is 6.94. The third-order valence-electron chi connectivity index (χ3n) is 4.68. The van der Waals surface area contributed by atoms with Crippen LogP contribution >= 0.6 is 0 Å². The Bertz CT molecular complexity index is 615. The third-order valence-corrected chi connectivity index (χ3v) is 4.68. The van der Waals surface area contributed by atoms with Crippen LogP contribution < -0.4 is 0 Å². The molecule has 2 saturated heterocycles. The highest BCUT2D eigenvalue weighted by Gasteiger charge is 2.56. The van der Waals surface area contributed by atoms with Crippen molar-refractivity contribution in [1.29, 1.82) is 0 Å². The zero-order valence-electron chi connectivity index (χ0n) is 14.2. The molecule has 6 heteroatoms. The molecule has 0 spiro atoms. The maximum absolute atomic E-state index is 12.5. The fourth-order valence-electron chi connectivity index (χ4n) is 3.68. The molecule has 0 aromatic heterocycles. The van der Waals surface area contributed by atoms with Crippen LogP contribution in [0, 0.1) is 5.92 Å². The van der Waals surface area contributed by atoms with E-state index in [9.17, 15) is 9.59 Å². The van der Waals surface area contributed by atoms with Gasteiger partial charge >= 0.3 is 12.1 Å². The lowest BCUT2D eigenvalue weighted by molar-refractivity contribution is -0.146. The van der Waals surface area contributed by atoms with Crippen molar-refractivity contribution in [2.24, 2.45) is 5.92 Å². The summed E-state index contributed by atoms with van der Waals surface area (Å²) in [6.07, 6.45) is 0.0401. The Morgan fingerprint density at radius 2 is 2.00 bits per heavy atom. The van der Waals surface area contributed by atoms with E-state index in [-0.39, 0.29) is 24.2 Å². The Morgan fingerprint density at radius 3 is 2.67 bits per heavy atom. The van der Waals surface area contributed by atoms with E-state index in [0.717, 1.165) is 5.56 Å². The number of carbonyl (C=O) groups is 2. The average Bonchev–Trinajstić information content (AvgIpc) is 3.04. The number of amides is 1. The largest absolute Gasteiger partial charge is 0.467 e. The predicted octanol–water partition coefficient (Wildman–Crippen LogP) is 2.36. The Balaban J connectivity index is 1.70. The standard InChI is InChI=1S/C18H23NO5/c1-18(2)9-13-14(24-18)10-19(15(13)16(20)22-3)17(21)23-11-12-7-5-4-6-8-12/h4-8,13-15H,9-11H2,1-3H3/t13?,14?,15-/m0/s1. The quantitative estimate of drug-likeness (QED) is 0.795. The third kappa shape index (κ3) is 3.24. The van der Waals surface area contributed by atoms with E-state index in [2.05, 4.69) is 0 Å². The number of hydrogen-bond donors (Lipinski definition) is 0. The number of fused-ring (bicyclic) bond motifs is 1. The van der Waals surface area contributed by atoms with Crippen molar-refractivity contribution in [2.45, 2.75) is 44.6 Å². The molecule has 3 atom stereocenters. The lowest BCUT2D eigenvalue weighted by Crippen LogP contribution is -2.45. The van der Waals surface area contributed by atoms with Crippen LogP contribution in [0.15, 0.2) is 30.3 Å². The number of esters is 1. The summed E-state index contributed by atoms with van der Waals surface area (Å²) in [5, 5.41) is 0. The van der Waals surface area contributed by atoms with Crippen molar-refractivity contribution in [2.75, 3.05) is 13.7 Å².